The van der Waals surface area contributed by atoms with Gasteiger partial charge in [-0.05, 0) is 44.1 Å². The summed E-state index contributed by atoms with van der Waals surface area (Å²) >= 11 is 5.63. The predicted octanol–water partition coefficient (Wildman–Crippen LogP) is 4.08. The number of rotatable bonds is 5. The third kappa shape index (κ3) is 5.03. The first-order valence-corrected chi connectivity index (χ1v) is 6.69. The molecule has 0 saturated heterocycles. The lowest BCUT2D eigenvalue weighted by Crippen LogP contribution is -2.34. The Balaban J connectivity index is 2.14. The maximum atomic E-state index is 5.63. The minimum absolute atomic E-state index is 0.727. The zero-order valence-corrected chi connectivity index (χ0v) is 10.8. The van der Waals surface area contributed by atoms with Crippen LogP contribution in [0.2, 0.25) is 0 Å². The van der Waals surface area contributed by atoms with Crippen molar-refractivity contribution in [3.8, 4) is 0 Å². The van der Waals surface area contributed by atoms with Crippen LogP contribution in [0.15, 0.2) is 11.1 Å². The molecule has 0 amide bonds. The molecule has 1 saturated carbocycles. The first-order valence-electron chi connectivity index (χ1n) is 6.25. The number of halogens is 1. The van der Waals surface area contributed by atoms with Crippen molar-refractivity contribution in [1.29, 1.82) is 0 Å². The molecule has 0 atom stereocenters. The molecule has 1 aliphatic rings. The highest BCUT2D eigenvalue weighted by molar-refractivity contribution is 6.25. The van der Waals surface area contributed by atoms with Crippen LogP contribution in [0.1, 0.15) is 52.4 Å². The lowest BCUT2D eigenvalue weighted by atomic mass is 9.83. The smallest absolute Gasteiger partial charge is 0.0176 e. The van der Waals surface area contributed by atoms with E-state index in [2.05, 4.69) is 19.2 Å². The van der Waals surface area contributed by atoms with Crippen molar-refractivity contribution in [2.45, 2.75) is 58.4 Å². The quantitative estimate of drug-likeness (QED) is 0.749. The van der Waals surface area contributed by atoms with E-state index in [-0.39, 0.29) is 0 Å². The van der Waals surface area contributed by atoms with E-state index >= 15 is 0 Å². The van der Waals surface area contributed by atoms with Crippen molar-refractivity contribution in [3.05, 3.63) is 11.1 Å². The summed E-state index contributed by atoms with van der Waals surface area (Å²) in [6, 6.07) is 0.727. The summed E-state index contributed by atoms with van der Waals surface area (Å²) < 4.78 is 0. The highest BCUT2D eigenvalue weighted by Gasteiger charge is 2.19. The van der Waals surface area contributed by atoms with E-state index in [1.807, 2.05) is 0 Å². The molecule has 0 aromatic carbocycles. The molecule has 2 heteroatoms. The fraction of sp³-hybridized carbons (Fsp3) is 0.846. The second-order valence-corrected chi connectivity index (χ2v) is 5.06. The molecule has 0 spiro atoms. The van der Waals surface area contributed by atoms with Gasteiger partial charge in [0.1, 0.15) is 0 Å². The Labute approximate surface area is 99.3 Å². The van der Waals surface area contributed by atoms with Gasteiger partial charge in [-0.3, -0.25) is 0 Å². The summed E-state index contributed by atoms with van der Waals surface area (Å²) in [5.74, 6) is 0.998. The summed E-state index contributed by atoms with van der Waals surface area (Å²) in [5, 5.41) is 3.58. The van der Waals surface area contributed by atoms with Crippen LogP contribution in [-0.4, -0.2) is 12.6 Å². The lowest BCUT2D eigenvalue weighted by molar-refractivity contribution is 0.282. The minimum Gasteiger partial charge on any atom is -0.310 e. The van der Waals surface area contributed by atoms with Crippen LogP contribution in [0.3, 0.4) is 0 Å². The van der Waals surface area contributed by atoms with E-state index in [1.54, 1.807) is 5.54 Å². The third-order valence-corrected chi connectivity index (χ3v) is 3.77. The van der Waals surface area contributed by atoms with Crippen LogP contribution < -0.4 is 5.32 Å². The Morgan fingerprint density at radius 2 is 2.00 bits per heavy atom. The van der Waals surface area contributed by atoms with Crippen molar-refractivity contribution < 1.29 is 0 Å². The zero-order chi connectivity index (χ0) is 11.1. The Bertz CT molecular complexity index is 193. The van der Waals surface area contributed by atoms with Crippen LogP contribution in [0, 0.1) is 5.92 Å². The fourth-order valence-electron chi connectivity index (χ4n) is 2.41. The van der Waals surface area contributed by atoms with Crippen LogP contribution in [-0.2, 0) is 0 Å². The number of hydrogen-bond donors (Lipinski definition) is 1. The van der Waals surface area contributed by atoms with Crippen LogP contribution >= 0.6 is 11.6 Å². The van der Waals surface area contributed by atoms with E-state index in [0.29, 0.717) is 0 Å². The standard InChI is InChI=1S/C13H24ClN/c1-3-4-12-5-7-13(8-6-12)15-10-11(2)9-14/h9,12-13,15H,3-8,10H2,1-2H3. The maximum Gasteiger partial charge on any atom is 0.0176 e. The predicted molar refractivity (Wildman–Crippen MR) is 68.3 cm³/mol. The number of nitrogens with one attached hydrogen (secondary N) is 1. The van der Waals surface area contributed by atoms with Crippen LogP contribution in [0.25, 0.3) is 0 Å². The van der Waals surface area contributed by atoms with E-state index in [0.717, 1.165) is 18.5 Å². The lowest BCUT2D eigenvalue weighted by Gasteiger charge is -2.29. The van der Waals surface area contributed by atoms with Gasteiger partial charge in [0.15, 0.2) is 0 Å². The molecule has 1 N–H and O–H groups in total. The second-order valence-electron chi connectivity index (χ2n) is 4.84. The van der Waals surface area contributed by atoms with Crippen LogP contribution in [0.5, 0.6) is 0 Å². The monoisotopic (exact) mass is 229 g/mol. The Hall–Kier alpha value is -0.0100. The topological polar surface area (TPSA) is 12.0 Å². The molecule has 1 fully saturated rings. The van der Waals surface area contributed by atoms with Gasteiger partial charge in [-0.1, -0.05) is 31.4 Å². The van der Waals surface area contributed by atoms with Crippen molar-refractivity contribution in [2.75, 3.05) is 6.54 Å². The first kappa shape index (κ1) is 13.1. The van der Waals surface area contributed by atoms with E-state index < -0.39 is 0 Å². The van der Waals surface area contributed by atoms with Crippen molar-refractivity contribution >= 4 is 11.6 Å². The van der Waals surface area contributed by atoms with Gasteiger partial charge in [0, 0.05) is 18.1 Å². The molecule has 15 heavy (non-hydrogen) atoms. The highest BCUT2D eigenvalue weighted by atomic mass is 35.5. The highest BCUT2D eigenvalue weighted by Crippen LogP contribution is 2.27. The molecule has 0 bridgehead atoms. The molecule has 1 rings (SSSR count). The summed E-state index contributed by atoms with van der Waals surface area (Å²) in [6.07, 6.45) is 8.29. The molecule has 0 heterocycles. The van der Waals surface area contributed by atoms with Gasteiger partial charge in [-0.2, -0.15) is 0 Å². The van der Waals surface area contributed by atoms with Crippen molar-refractivity contribution in [3.63, 3.8) is 0 Å². The van der Waals surface area contributed by atoms with E-state index in [4.69, 9.17) is 11.6 Å². The zero-order valence-electron chi connectivity index (χ0n) is 10.1. The molecular weight excluding hydrogens is 206 g/mol. The third-order valence-electron chi connectivity index (χ3n) is 3.40. The molecular formula is C13H24ClN. The van der Waals surface area contributed by atoms with Gasteiger partial charge in [0.25, 0.3) is 0 Å². The van der Waals surface area contributed by atoms with Crippen molar-refractivity contribution in [2.24, 2.45) is 5.92 Å². The van der Waals surface area contributed by atoms with E-state index in [9.17, 15) is 0 Å². The summed E-state index contributed by atoms with van der Waals surface area (Å²) in [5.41, 5.74) is 2.91. The van der Waals surface area contributed by atoms with Gasteiger partial charge >= 0.3 is 0 Å². The Morgan fingerprint density at radius 1 is 1.33 bits per heavy atom. The Kier molecular flexibility index (Phi) is 6.35. The first-order chi connectivity index (χ1) is 7.26. The van der Waals surface area contributed by atoms with Gasteiger partial charge < -0.3 is 5.32 Å². The van der Waals surface area contributed by atoms with E-state index in [1.165, 1.54) is 44.1 Å². The number of hydrogen-bond acceptors (Lipinski definition) is 1. The average molecular weight is 230 g/mol. The second kappa shape index (κ2) is 7.29. The van der Waals surface area contributed by atoms with Crippen LogP contribution in [0.4, 0.5) is 0 Å². The molecule has 0 aromatic heterocycles. The summed E-state index contributed by atoms with van der Waals surface area (Å²) in [4.78, 5) is 0. The molecule has 1 aliphatic carbocycles. The SMILES string of the molecule is CCCC1CCC(NCC(C)=CCl)CC1. The van der Waals surface area contributed by atoms with Gasteiger partial charge in [-0.25, -0.2) is 0 Å². The maximum absolute atomic E-state index is 5.63. The van der Waals surface area contributed by atoms with Gasteiger partial charge in [0.05, 0.1) is 0 Å². The minimum atomic E-state index is 0.727. The summed E-state index contributed by atoms with van der Waals surface area (Å²) in [6.45, 7) is 5.31. The average Bonchev–Trinajstić information content (AvgIpc) is 2.28. The molecule has 0 radical (unpaired) electrons. The summed E-state index contributed by atoms with van der Waals surface area (Å²) in [7, 11) is 0. The molecule has 0 aliphatic heterocycles. The fourth-order valence-corrected chi connectivity index (χ4v) is 2.48. The molecule has 0 aromatic rings. The largest absolute Gasteiger partial charge is 0.310 e. The van der Waals surface area contributed by atoms with Crippen molar-refractivity contribution in [1.82, 2.24) is 5.32 Å². The normalized spacial score (nSPS) is 28.1. The molecule has 0 unspecified atom stereocenters. The Morgan fingerprint density at radius 3 is 2.53 bits per heavy atom. The van der Waals surface area contributed by atoms with Gasteiger partial charge in [0.2, 0.25) is 0 Å². The van der Waals surface area contributed by atoms with Gasteiger partial charge in [-0.15, -0.1) is 0 Å². The molecule has 1 nitrogen and oxygen atoms in total. The molecule has 88 valence electrons.